The molecule has 8 nitrogen and oxygen atoms in total. The van der Waals surface area contributed by atoms with Crippen molar-refractivity contribution in [1.82, 2.24) is 0 Å². The summed E-state index contributed by atoms with van der Waals surface area (Å²) in [6.07, 6.45) is 0. The summed E-state index contributed by atoms with van der Waals surface area (Å²) in [4.78, 5) is -0.115. The molecule has 0 saturated carbocycles. The Kier molecular flexibility index (Phi) is 8.19. The fourth-order valence-corrected chi connectivity index (χ4v) is 5.56. The number of benzene rings is 3. The van der Waals surface area contributed by atoms with Crippen molar-refractivity contribution in [2.45, 2.75) is 23.6 Å². The van der Waals surface area contributed by atoms with Crippen molar-refractivity contribution < 1.29 is 26.3 Å². The summed E-state index contributed by atoms with van der Waals surface area (Å²) in [5.41, 5.74) is 0.340. The van der Waals surface area contributed by atoms with Crippen LogP contribution in [0, 0.1) is 0 Å². The average molecular weight is 545 g/mol. The summed E-state index contributed by atoms with van der Waals surface area (Å²) < 4.78 is 66.8. The first-order valence-electron chi connectivity index (χ1n) is 10.1. The van der Waals surface area contributed by atoms with E-state index in [-0.39, 0.29) is 26.2 Å². The predicted octanol–water partition coefficient (Wildman–Crippen LogP) is 5.39. The molecule has 0 aliphatic carbocycles. The van der Waals surface area contributed by atoms with E-state index < -0.39 is 20.0 Å². The third kappa shape index (κ3) is 6.26. The third-order valence-electron chi connectivity index (χ3n) is 4.42. The van der Waals surface area contributed by atoms with Gasteiger partial charge in [-0.25, -0.2) is 16.8 Å². The second kappa shape index (κ2) is 10.7. The lowest BCUT2D eigenvalue weighted by Gasteiger charge is -2.14. The van der Waals surface area contributed by atoms with Crippen LogP contribution in [0.25, 0.3) is 0 Å². The Labute approximate surface area is 208 Å². The summed E-state index contributed by atoms with van der Waals surface area (Å²) >= 11 is 11.9. The zero-order valence-electron chi connectivity index (χ0n) is 18.2. The molecule has 0 aliphatic rings. The summed E-state index contributed by atoms with van der Waals surface area (Å²) in [5, 5.41) is 0.507. The normalized spacial score (nSPS) is 11.6. The van der Waals surface area contributed by atoms with E-state index in [2.05, 4.69) is 9.44 Å². The maximum atomic E-state index is 12.9. The number of anilines is 2. The van der Waals surface area contributed by atoms with E-state index in [1.165, 1.54) is 60.7 Å². The SMILES string of the molecule is CCOc1ccc(S(=O)(=O)Nc2ccc(S(=O)(=O)Nc3ccc(Cl)cc3Cl)cc2)cc1OCC. The Balaban J connectivity index is 1.80. The second-order valence-electron chi connectivity index (χ2n) is 6.83. The molecule has 182 valence electrons. The second-order valence-corrected chi connectivity index (χ2v) is 11.0. The van der Waals surface area contributed by atoms with E-state index in [0.29, 0.717) is 29.7 Å². The van der Waals surface area contributed by atoms with Crippen LogP contribution in [0.5, 0.6) is 11.5 Å². The molecule has 0 atom stereocenters. The van der Waals surface area contributed by atoms with Gasteiger partial charge in [0.1, 0.15) is 0 Å². The van der Waals surface area contributed by atoms with Gasteiger partial charge in [-0.15, -0.1) is 0 Å². The lowest BCUT2D eigenvalue weighted by molar-refractivity contribution is 0.287. The summed E-state index contributed by atoms with van der Waals surface area (Å²) in [6.45, 7) is 4.33. The molecule has 0 amide bonds. The molecule has 3 aromatic carbocycles. The fourth-order valence-electron chi connectivity index (χ4n) is 2.89. The van der Waals surface area contributed by atoms with Gasteiger partial charge in [-0.05, 0) is 68.4 Å². The molecular weight excluding hydrogens is 523 g/mol. The lowest BCUT2D eigenvalue weighted by Crippen LogP contribution is -2.15. The number of hydrogen-bond donors (Lipinski definition) is 2. The largest absolute Gasteiger partial charge is 0.490 e. The van der Waals surface area contributed by atoms with Crippen LogP contribution in [-0.2, 0) is 20.0 Å². The highest BCUT2D eigenvalue weighted by Crippen LogP contribution is 2.31. The Morgan fingerprint density at radius 3 is 1.91 bits per heavy atom. The van der Waals surface area contributed by atoms with Gasteiger partial charge in [0.25, 0.3) is 20.0 Å². The van der Waals surface area contributed by atoms with E-state index in [9.17, 15) is 16.8 Å². The topological polar surface area (TPSA) is 111 Å². The van der Waals surface area contributed by atoms with Crippen molar-refractivity contribution in [3.05, 3.63) is 70.7 Å². The molecule has 0 unspecified atom stereocenters. The molecule has 0 aromatic heterocycles. The van der Waals surface area contributed by atoms with Crippen molar-refractivity contribution in [2.24, 2.45) is 0 Å². The number of nitrogens with one attached hydrogen (secondary N) is 2. The van der Waals surface area contributed by atoms with Crippen LogP contribution >= 0.6 is 23.2 Å². The minimum absolute atomic E-state index is 0.0323. The highest BCUT2D eigenvalue weighted by atomic mass is 35.5. The first-order valence-corrected chi connectivity index (χ1v) is 13.8. The molecule has 2 N–H and O–H groups in total. The van der Waals surface area contributed by atoms with Crippen molar-refractivity contribution in [3.8, 4) is 11.5 Å². The quantitative estimate of drug-likeness (QED) is 0.353. The van der Waals surface area contributed by atoms with Crippen molar-refractivity contribution in [1.29, 1.82) is 0 Å². The molecule has 0 fully saturated rings. The van der Waals surface area contributed by atoms with Gasteiger partial charge in [0.15, 0.2) is 11.5 Å². The molecule has 12 heteroatoms. The lowest BCUT2D eigenvalue weighted by atomic mass is 10.3. The minimum Gasteiger partial charge on any atom is -0.490 e. The van der Waals surface area contributed by atoms with E-state index in [0.717, 1.165) is 0 Å². The summed E-state index contributed by atoms with van der Waals surface area (Å²) in [7, 11) is -7.94. The van der Waals surface area contributed by atoms with Crippen LogP contribution in [0.1, 0.15) is 13.8 Å². The smallest absolute Gasteiger partial charge is 0.262 e. The zero-order valence-corrected chi connectivity index (χ0v) is 21.4. The van der Waals surface area contributed by atoms with Crippen LogP contribution in [0.15, 0.2) is 70.5 Å². The Morgan fingerprint density at radius 2 is 1.29 bits per heavy atom. The van der Waals surface area contributed by atoms with Crippen LogP contribution in [0.4, 0.5) is 11.4 Å². The maximum Gasteiger partial charge on any atom is 0.262 e. The van der Waals surface area contributed by atoms with Gasteiger partial charge in [0.05, 0.1) is 33.7 Å². The maximum absolute atomic E-state index is 12.9. The van der Waals surface area contributed by atoms with Crippen molar-refractivity contribution in [3.63, 3.8) is 0 Å². The standard InChI is InChI=1S/C22H22Cl2N2O6S2/c1-3-31-21-12-10-18(14-22(21)32-4-2)34(29,30)25-16-6-8-17(9-7-16)33(27,28)26-20-11-5-15(23)13-19(20)24/h5-14,25-26H,3-4H2,1-2H3. The number of ether oxygens (including phenoxy) is 2. The van der Waals surface area contributed by atoms with Crippen molar-refractivity contribution >= 4 is 54.6 Å². The molecule has 3 aromatic rings. The molecule has 0 heterocycles. The monoisotopic (exact) mass is 544 g/mol. The van der Waals surface area contributed by atoms with Gasteiger partial charge < -0.3 is 9.47 Å². The first kappa shape index (κ1) is 26.0. The fraction of sp³-hybridized carbons (Fsp3) is 0.182. The minimum atomic E-state index is -3.97. The molecule has 0 saturated heterocycles. The van der Waals surface area contributed by atoms with Crippen LogP contribution < -0.4 is 18.9 Å². The zero-order chi connectivity index (χ0) is 24.9. The van der Waals surface area contributed by atoms with Gasteiger partial charge in [-0.3, -0.25) is 9.44 Å². The number of hydrogen-bond acceptors (Lipinski definition) is 6. The van der Waals surface area contributed by atoms with Gasteiger partial charge in [-0.2, -0.15) is 0 Å². The van der Waals surface area contributed by atoms with Crippen molar-refractivity contribution in [2.75, 3.05) is 22.7 Å². The van der Waals surface area contributed by atoms with Crippen LogP contribution in [-0.4, -0.2) is 30.0 Å². The number of rotatable bonds is 10. The third-order valence-corrected chi connectivity index (χ3v) is 7.73. The Bertz CT molecular complexity index is 1380. The van der Waals surface area contributed by atoms with Gasteiger partial charge in [0.2, 0.25) is 0 Å². The average Bonchev–Trinajstić information content (AvgIpc) is 2.77. The van der Waals surface area contributed by atoms with Crippen LogP contribution in [0.2, 0.25) is 10.0 Å². The highest BCUT2D eigenvalue weighted by Gasteiger charge is 2.19. The Morgan fingerprint density at radius 1 is 0.706 bits per heavy atom. The molecule has 0 radical (unpaired) electrons. The van der Waals surface area contributed by atoms with Gasteiger partial charge in [0, 0.05) is 16.8 Å². The van der Waals surface area contributed by atoms with E-state index in [1.54, 1.807) is 6.92 Å². The molecular formula is C22H22Cl2N2O6S2. The van der Waals surface area contributed by atoms with E-state index in [4.69, 9.17) is 32.7 Å². The molecule has 3 rings (SSSR count). The van der Waals surface area contributed by atoms with Gasteiger partial charge >= 0.3 is 0 Å². The molecule has 0 aliphatic heterocycles. The van der Waals surface area contributed by atoms with Gasteiger partial charge in [-0.1, -0.05) is 23.2 Å². The first-order chi connectivity index (χ1) is 16.1. The summed E-state index contributed by atoms with van der Waals surface area (Å²) in [5.74, 6) is 0.742. The highest BCUT2D eigenvalue weighted by molar-refractivity contribution is 7.93. The number of sulfonamides is 2. The summed E-state index contributed by atoms with van der Waals surface area (Å²) in [6, 6.07) is 13.9. The Hall–Kier alpha value is -2.66. The molecule has 34 heavy (non-hydrogen) atoms. The van der Waals surface area contributed by atoms with Crippen LogP contribution in [0.3, 0.4) is 0 Å². The van der Waals surface area contributed by atoms with E-state index >= 15 is 0 Å². The molecule has 0 spiro atoms. The molecule has 0 bridgehead atoms. The predicted molar refractivity (Wildman–Crippen MR) is 133 cm³/mol. The number of halogens is 2. The van der Waals surface area contributed by atoms with E-state index in [1.807, 2.05) is 6.92 Å².